The lowest BCUT2D eigenvalue weighted by atomic mass is 10.1. The third-order valence-electron chi connectivity index (χ3n) is 1.82. The highest BCUT2D eigenvalue weighted by molar-refractivity contribution is 5.62. The molecule has 0 aliphatic rings. The third-order valence-corrected chi connectivity index (χ3v) is 1.82. The summed E-state index contributed by atoms with van der Waals surface area (Å²) in [7, 11) is 0. The van der Waals surface area contributed by atoms with Gasteiger partial charge in [0, 0.05) is 24.1 Å². The fourth-order valence-electron chi connectivity index (χ4n) is 1.09. The second-order valence-corrected chi connectivity index (χ2v) is 2.92. The highest BCUT2D eigenvalue weighted by Gasteiger charge is 2.16. The summed E-state index contributed by atoms with van der Waals surface area (Å²) in [5.41, 5.74) is -0.626. The van der Waals surface area contributed by atoms with Crippen LogP contribution in [0.5, 0.6) is 5.75 Å². The fraction of sp³-hybridized carbons (Fsp3) is 0.100. The summed E-state index contributed by atoms with van der Waals surface area (Å²) in [5.74, 6) is -1.51. The van der Waals surface area contributed by atoms with Gasteiger partial charge in [-0.15, -0.1) is 0 Å². The zero-order chi connectivity index (χ0) is 12.1. The van der Waals surface area contributed by atoms with Crippen LogP contribution in [0.15, 0.2) is 18.2 Å². The van der Waals surface area contributed by atoms with E-state index >= 15 is 0 Å². The lowest BCUT2D eigenvalue weighted by Gasteiger charge is -1.99. The molecule has 1 aromatic rings. The van der Waals surface area contributed by atoms with Crippen molar-refractivity contribution in [2.24, 2.45) is 0 Å². The molecule has 84 valence electrons. The normalized spacial score (nSPS) is 10.6. The SMILES string of the molecule is O=CCC=Cc1cc([N+](=O)[O-])c(O)cc1F. The summed E-state index contributed by atoms with van der Waals surface area (Å²) in [4.78, 5) is 19.7. The van der Waals surface area contributed by atoms with Crippen LogP contribution in [-0.2, 0) is 4.79 Å². The van der Waals surface area contributed by atoms with Crippen molar-refractivity contribution in [2.45, 2.75) is 6.42 Å². The molecule has 0 unspecified atom stereocenters. The molecule has 1 rings (SSSR count). The van der Waals surface area contributed by atoms with Crippen molar-refractivity contribution in [3.05, 3.63) is 39.7 Å². The molecule has 0 aromatic heterocycles. The molecule has 0 bridgehead atoms. The third kappa shape index (κ3) is 2.63. The number of carbonyl (C=O) groups excluding carboxylic acids is 1. The molecular weight excluding hydrogens is 217 g/mol. The summed E-state index contributed by atoms with van der Waals surface area (Å²) in [6, 6.07) is 1.57. The van der Waals surface area contributed by atoms with Crippen LogP contribution in [0.1, 0.15) is 12.0 Å². The van der Waals surface area contributed by atoms with Crippen molar-refractivity contribution >= 4 is 18.0 Å². The number of carbonyl (C=O) groups is 1. The van der Waals surface area contributed by atoms with Gasteiger partial charge in [0.1, 0.15) is 12.1 Å². The summed E-state index contributed by atoms with van der Waals surface area (Å²) in [6.07, 6.45) is 3.32. The lowest BCUT2D eigenvalue weighted by molar-refractivity contribution is -0.385. The Kier molecular flexibility index (Phi) is 3.71. The number of phenolic OH excluding ortho intramolecular Hbond substituents is 1. The van der Waals surface area contributed by atoms with Gasteiger partial charge in [-0.3, -0.25) is 10.1 Å². The molecule has 0 saturated heterocycles. The Hall–Kier alpha value is -2.24. The number of rotatable bonds is 4. The van der Waals surface area contributed by atoms with Gasteiger partial charge >= 0.3 is 5.69 Å². The summed E-state index contributed by atoms with van der Waals surface area (Å²) in [5, 5.41) is 19.6. The van der Waals surface area contributed by atoms with Crippen LogP contribution < -0.4 is 0 Å². The topological polar surface area (TPSA) is 80.4 Å². The molecule has 1 N–H and O–H groups in total. The average molecular weight is 225 g/mol. The molecule has 0 atom stereocenters. The Morgan fingerprint density at radius 1 is 1.50 bits per heavy atom. The highest BCUT2D eigenvalue weighted by Crippen LogP contribution is 2.29. The maximum atomic E-state index is 13.2. The van der Waals surface area contributed by atoms with Gasteiger partial charge in [-0.1, -0.05) is 12.2 Å². The van der Waals surface area contributed by atoms with Crippen molar-refractivity contribution in [1.82, 2.24) is 0 Å². The number of halogens is 1. The molecule has 5 nitrogen and oxygen atoms in total. The fourth-order valence-corrected chi connectivity index (χ4v) is 1.09. The lowest BCUT2D eigenvalue weighted by Crippen LogP contribution is -1.92. The Morgan fingerprint density at radius 3 is 2.75 bits per heavy atom. The molecule has 16 heavy (non-hydrogen) atoms. The van der Waals surface area contributed by atoms with Crippen LogP contribution in [-0.4, -0.2) is 16.3 Å². The van der Waals surface area contributed by atoms with Gasteiger partial charge < -0.3 is 9.90 Å². The molecule has 0 amide bonds. The molecule has 0 saturated carbocycles. The minimum atomic E-state index is -0.814. The largest absolute Gasteiger partial charge is 0.502 e. The first-order valence-corrected chi connectivity index (χ1v) is 4.33. The van der Waals surface area contributed by atoms with E-state index in [4.69, 9.17) is 5.11 Å². The quantitative estimate of drug-likeness (QED) is 0.483. The first-order valence-electron chi connectivity index (χ1n) is 4.33. The number of phenols is 1. The monoisotopic (exact) mass is 225 g/mol. The van der Waals surface area contributed by atoms with Gasteiger partial charge in [0.2, 0.25) is 0 Å². The molecule has 6 heteroatoms. The van der Waals surface area contributed by atoms with E-state index in [2.05, 4.69) is 0 Å². The number of nitrogens with zero attached hydrogens (tertiary/aromatic N) is 1. The van der Waals surface area contributed by atoms with Gasteiger partial charge in [-0.2, -0.15) is 0 Å². The van der Waals surface area contributed by atoms with Crippen LogP contribution in [0.4, 0.5) is 10.1 Å². The van der Waals surface area contributed by atoms with E-state index in [0.29, 0.717) is 12.4 Å². The molecule has 0 aliphatic heterocycles. The predicted octanol–water partition coefficient (Wildman–Crippen LogP) is 2.04. The van der Waals surface area contributed by atoms with Gasteiger partial charge in [0.15, 0.2) is 5.75 Å². The Bertz CT molecular complexity index is 456. The first kappa shape index (κ1) is 11.8. The van der Waals surface area contributed by atoms with Gasteiger partial charge in [0.05, 0.1) is 4.92 Å². The number of allylic oxidation sites excluding steroid dienone is 1. The number of aldehydes is 1. The number of hydrogen-bond acceptors (Lipinski definition) is 4. The Labute approximate surface area is 90.0 Å². The van der Waals surface area contributed by atoms with Gasteiger partial charge in [-0.05, 0) is 0 Å². The first-order chi connectivity index (χ1) is 7.56. The molecule has 0 spiro atoms. The molecule has 0 fully saturated rings. The summed E-state index contributed by atoms with van der Waals surface area (Å²) in [6.45, 7) is 0. The molecular formula is C10H8FNO4. The van der Waals surface area contributed by atoms with Crippen LogP contribution in [0, 0.1) is 15.9 Å². The van der Waals surface area contributed by atoms with Crippen molar-refractivity contribution in [2.75, 3.05) is 0 Å². The van der Waals surface area contributed by atoms with E-state index in [1.807, 2.05) is 0 Å². The van der Waals surface area contributed by atoms with Crippen LogP contribution in [0.3, 0.4) is 0 Å². The van der Waals surface area contributed by atoms with Crippen LogP contribution in [0.2, 0.25) is 0 Å². The van der Waals surface area contributed by atoms with E-state index in [9.17, 15) is 19.3 Å². The van der Waals surface area contributed by atoms with E-state index in [1.165, 1.54) is 12.2 Å². The number of nitro groups is 1. The number of aromatic hydroxyl groups is 1. The maximum absolute atomic E-state index is 13.2. The minimum absolute atomic E-state index is 0.0497. The van der Waals surface area contributed by atoms with Crippen molar-refractivity contribution in [3.8, 4) is 5.75 Å². The second kappa shape index (κ2) is 5.01. The molecule has 1 aromatic carbocycles. The average Bonchev–Trinajstić information content (AvgIpc) is 2.21. The van der Waals surface area contributed by atoms with Gasteiger partial charge in [-0.25, -0.2) is 4.39 Å². The molecule has 0 heterocycles. The molecule has 0 aliphatic carbocycles. The maximum Gasteiger partial charge on any atom is 0.311 e. The zero-order valence-electron chi connectivity index (χ0n) is 8.09. The van der Waals surface area contributed by atoms with Crippen molar-refractivity contribution in [3.63, 3.8) is 0 Å². The predicted molar refractivity (Wildman–Crippen MR) is 54.4 cm³/mol. The zero-order valence-corrected chi connectivity index (χ0v) is 8.09. The van der Waals surface area contributed by atoms with Crippen molar-refractivity contribution < 1.29 is 19.2 Å². The summed E-state index contributed by atoms with van der Waals surface area (Å²) < 4.78 is 13.2. The van der Waals surface area contributed by atoms with E-state index < -0.39 is 22.2 Å². The Morgan fingerprint density at radius 2 is 2.19 bits per heavy atom. The Balaban J connectivity index is 3.14. The smallest absolute Gasteiger partial charge is 0.311 e. The minimum Gasteiger partial charge on any atom is -0.502 e. The van der Waals surface area contributed by atoms with Crippen molar-refractivity contribution in [1.29, 1.82) is 0 Å². The number of benzene rings is 1. The van der Waals surface area contributed by atoms with E-state index in [1.54, 1.807) is 0 Å². The second-order valence-electron chi connectivity index (χ2n) is 2.92. The van der Waals surface area contributed by atoms with Crippen LogP contribution >= 0.6 is 0 Å². The standard InChI is InChI=1S/C10H8FNO4/c11-8-6-10(14)9(12(15)16)5-7(8)3-1-2-4-13/h1,3-6,14H,2H2. The van der Waals surface area contributed by atoms with Crippen LogP contribution in [0.25, 0.3) is 6.08 Å². The van der Waals surface area contributed by atoms with E-state index in [0.717, 1.165) is 6.07 Å². The highest BCUT2D eigenvalue weighted by atomic mass is 19.1. The summed E-state index contributed by atoms with van der Waals surface area (Å²) >= 11 is 0. The number of nitro benzene ring substituents is 1. The number of hydrogen-bond donors (Lipinski definition) is 1. The van der Waals surface area contributed by atoms with Gasteiger partial charge in [0.25, 0.3) is 0 Å². The van der Waals surface area contributed by atoms with E-state index in [-0.39, 0.29) is 12.0 Å². The molecule has 0 radical (unpaired) electrons.